The molecule has 0 aliphatic heterocycles. The SMILES string of the molecule is CC(C)C(N)C(=O)O.c1ccc2[nH]ccc2c1. The molecule has 0 bridgehead atoms. The third-order valence-corrected chi connectivity index (χ3v) is 2.47. The summed E-state index contributed by atoms with van der Waals surface area (Å²) in [4.78, 5) is 13.1. The van der Waals surface area contributed by atoms with Crippen molar-refractivity contribution in [3.8, 4) is 0 Å². The summed E-state index contributed by atoms with van der Waals surface area (Å²) in [6.07, 6.45) is 1.95. The van der Waals surface area contributed by atoms with Crippen molar-refractivity contribution in [3.63, 3.8) is 0 Å². The number of carbonyl (C=O) groups is 1. The van der Waals surface area contributed by atoms with Crippen molar-refractivity contribution in [1.82, 2.24) is 4.98 Å². The molecule has 1 atom stereocenters. The molecule has 4 heteroatoms. The number of aliphatic carboxylic acids is 1. The summed E-state index contributed by atoms with van der Waals surface area (Å²) in [5, 5.41) is 9.50. The summed E-state index contributed by atoms with van der Waals surface area (Å²) < 4.78 is 0. The molecular formula is C13H18N2O2. The van der Waals surface area contributed by atoms with E-state index in [1.807, 2.05) is 18.3 Å². The Morgan fingerprint density at radius 2 is 1.94 bits per heavy atom. The highest BCUT2D eigenvalue weighted by atomic mass is 16.4. The number of nitrogens with one attached hydrogen (secondary N) is 1. The van der Waals surface area contributed by atoms with E-state index in [4.69, 9.17) is 10.8 Å². The molecule has 2 rings (SSSR count). The van der Waals surface area contributed by atoms with Gasteiger partial charge in [-0.25, -0.2) is 0 Å². The Hall–Kier alpha value is -1.81. The molecule has 1 aromatic carbocycles. The molecular weight excluding hydrogens is 216 g/mol. The van der Waals surface area contributed by atoms with Crippen LogP contribution in [0.1, 0.15) is 13.8 Å². The maximum atomic E-state index is 10.0. The summed E-state index contributed by atoms with van der Waals surface area (Å²) in [5.74, 6) is -0.910. The second-order valence-corrected chi connectivity index (χ2v) is 4.17. The Morgan fingerprint density at radius 1 is 1.29 bits per heavy atom. The van der Waals surface area contributed by atoms with E-state index < -0.39 is 12.0 Å². The van der Waals surface area contributed by atoms with E-state index in [2.05, 4.69) is 23.2 Å². The number of carboxylic acid groups (broad SMARTS) is 1. The fourth-order valence-electron chi connectivity index (χ4n) is 1.28. The van der Waals surface area contributed by atoms with Crippen LogP contribution in [-0.4, -0.2) is 22.1 Å². The lowest BCUT2D eigenvalue weighted by Crippen LogP contribution is -2.34. The van der Waals surface area contributed by atoms with Gasteiger partial charge in [0.1, 0.15) is 6.04 Å². The van der Waals surface area contributed by atoms with E-state index in [0.717, 1.165) is 0 Å². The maximum absolute atomic E-state index is 10.0. The quantitative estimate of drug-likeness (QED) is 0.745. The van der Waals surface area contributed by atoms with Gasteiger partial charge in [-0.2, -0.15) is 0 Å². The zero-order valence-electron chi connectivity index (χ0n) is 10.1. The van der Waals surface area contributed by atoms with Crippen LogP contribution >= 0.6 is 0 Å². The van der Waals surface area contributed by atoms with Crippen LogP contribution < -0.4 is 5.73 Å². The van der Waals surface area contributed by atoms with E-state index in [0.29, 0.717) is 0 Å². The number of fused-ring (bicyclic) bond motifs is 1. The number of benzene rings is 1. The maximum Gasteiger partial charge on any atom is 0.320 e. The van der Waals surface area contributed by atoms with Gasteiger partial charge in [-0.15, -0.1) is 0 Å². The number of hydrogen-bond donors (Lipinski definition) is 3. The number of carboxylic acids is 1. The van der Waals surface area contributed by atoms with E-state index >= 15 is 0 Å². The number of nitrogens with two attached hydrogens (primary N) is 1. The van der Waals surface area contributed by atoms with Crippen LogP contribution in [0.15, 0.2) is 36.5 Å². The van der Waals surface area contributed by atoms with Crippen molar-refractivity contribution in [1.29, 1.82) is 0 Å². The molecule has 1 unspecified atom stereocenters. The molecule has 0 saturated carbocycles. The lowest BCUT2D eigenvalue weighted by atomic mass is 10.1. The van der Waals surface area contributed by atoms with Gasteiger partial charge in [0.05, 0.1) is 0 Å². The minimum atomic E-state index is -0.931. The smallest absolute Gasteiger partial charge is 0.320 e. The van der Waals surface area contributed by atoms with Gasteiger partial charge >= 0.3 is 5.97 Å². The molecule has 4 N–H and O–H groups in total. The molecule has 92 valence electrons. The number of para-hydroxylation sites is 1. The summed E-state index contributed by atoms with van der Waals surface area (Å²) in [5.41, 5.74) is 6.37. The Morgan fingerprint density at radius 3 is 2.41 bits per heavy atom. The summed E-state index contributed by atoms with van der Waals surface area (Å²) >= 11 is 0. The fourth-order valence-corrected chi connectivity index (χ4v) is 1.28. The lowest BCUT2D eigenvalue weighted by molar-refractivity contribution is -0.139. The third kappa shape index (κ3) is 3.92. The Kier molecular flexibility index (Phi) is 4.72. The lowest BCUT2D eigenvalue weighted by Gasteiger charge is -2.07. The summed E-state index contributed by atoms with van der Waals surface area (Å²) in [7, 11) is 0. The van der Waals surface area contributed by atoms with Gasteiger partial charge in [-0.3, -0.25) is 4.79 Å². The molecule has 2 aromatic rings. The molecule has 4 nitrogen and oxygen atoms in total. The topological polar surface area (TPSA) is 79.1 Å². The Labute approximate surface area is 100 Å². The van der Waals surface area contributed by atoms with Crippen LogP contribution in [0.3, 0.4) is 0 Å². The largest absolute Gasteiger partial charge is 0.480 e. The monoisotopic (exact) mass is 234 g/mol. The van der Waals surface area contributed by atoms with Crippen LogP contribution in [0.4, 0.5) is 0 Å². The van der Waals surface area contributed by atoms with Gasteiger partial charge in [0.15, 0.2) is 0 Å². The zero-order valence-corrected chi connectivity index (χ0v) is 10.1. The number of H-pyrrole nitrogens is 1. The van der Waals surface area contributed by atoms with Gasteiger partial charge in [0.25, 0.3) is 0 Å². The fraction of sp³-hybridized carbons (Fsp3) is 0.308. The highest BCUT2D eigenvalue weighted by Gasteiger charge is 2.14. The second kappa shape index (κ2) is 6.06. The minimum Gasteiger partial charge on any atom is -0.480 e. The standard InChI is InChI=1S/C8H7N.C5H11NO2/c1-2-4-8-7(3-1)5-6-9-8;1-3(2)4(6)5(7)8/h1-6,9H;3-4H,6H2,1-2H3,(H,7,8). The van der Waals surface area contributed by atoms with Crippen molar-refractivity contribution in [2.75, 3.05) is 0 Å². The Bertz CT molecular complexity index is 447. The van der Waals surface area contributed by atoms with Gasteiger partial charge in [0.2, 0.25) is 0 Å². The average Bonchev–Trinajstić information content (AvgIpc) is 2.76. The zero-order chi connectivity index (χ0) is 12.8. The van der Waals surface area contributed by atoms with Gasteiger partial charge in [-0.1, -0.05) is 32.0 Å². The van der Waals surface area contributed by atoms with Gasteiger partial charge in [-0.05, 0) is 23.4 Å². The first-order valence-corrected chi connectivity index (χ1v) is 5.53. The van der Waals surface area contributed by atoms with Crippen molar-refractivity contribution in [2.24, 2.45) is 11.7 Å². The van der Waals surface area contributed by atoms with E-state index in [9.17, 15) is 4.79 Å². The molecule has 1 aromatic heterocycles. The van der Waals surface area contributed by atoms with Gasteiger partial charge in [0, 0.05) is 11.7 Å². The average molecular weight is 234 g/mol. The molecule has 0 fully saturated rings. The molecule has 0 amide bonds. The summed E-state index contributed by atoms with van der Waals surface area (Å²) in [6.45, 7) is 3.55. The first kappa shape index (κ1) is 13.3. The molecule has 1 heterocycles. The Balaban J connectivity index is 0.000000172. The highest BCUT2D eigenvalue weighted by molar-refractivity contribution is 5.78. The van der Waals surface area contributed by atoms with Crippen LogP contribution in [0.5, 0.6) is 0 Å². The predicted octanol–water partition coefficient (Wildman–Crippen LogP) is 2.22. The highest BCUT2D eigenvalue weighted by Crippen LogP contribution is 2.09. The molecule has 0 radical (unpaired) electrons. The van der Waals surface area contributed by atoms with Crippen LogP contribution in [-0.2, 0) is 4.79 Å². The van der Waals surface area contributed by atoms with Crippen LogP contribution in [0.2, 0.25) is 0 Å². The molecule has 17 heavy (non-hydrogen) atoms. The summed E-state index contributed by atoms with van der Waals surface area (Å²) in [6, 6.07) is 9.57. The minimum absolute atomic E-state index is 0.0208. The number of aromatic amines is 1. The van der Waals surface area contributed by atoms with Gasteiger partial charge < -0.3 is 15.8 Å². The van der Waals surface area contributed by atoms with E-state index in [-0.39, 0.29) is 5.92 Å². The van der Waals surface area contributed by atoms with Crippen LogP contribution in [0.25, 0.3) is 10.9 Å². The first-order valence-electron chi connectivity index (χ1n) is 5.53. The third-order valence-electron chi connectivity index (χ3n) is 2.47. The van der Waals surface area contributed by atoms with Crippen LogP contribution in [0, 0.1) is 5.92 Å². The molecule has 0 aliphatic rings. The van der Waals surface area contributed by atoms with Crippen molar-refractivity contribution in [2.45, 2.75) is 19.9 Å². The predicted molar refractivity (Wildman–Crippen MR) is 68.7 cm³/mol. The molecule has 0 spiro atoms. The van der Waals surface area contributed by atoms with E-state index in [1.54, 1.807) is 13.8 Å². The van der Waals surface area contributed by atoms with Crippen molar-refractivity contribution in [3.05, 3.63) is 36.5 Å². The first-order chi connectivity index (χ1) is 8.02. The number of aromatic nitrogens is 1. The number of rotatable bonds is 2. The molecule has 0 saturated heterocycles. The second-order valence-electron chi connectivity index (χ2n) is 4.17. The van der Waals surface area contributed by atoms with Crippen molar-refractivity contribution < 1.29 is 9.90 Å². The van der Waals surface area contributed by atoms with Crippen molar-refractivity contribution >= 4 is 16.9 Å². The number of hydrogen-bond acceptors (Lipinski definition) is 2. The normalized spacial score (nSPS) is 12.0. The van der Waals surface area contributed by atoms with E-state index in [1.165, 1.54) is 10.9 Å². The molecule has 0 aliphatic carbocycles.